The van der Waals surface area contributed by atoms with Crippen molar-refractivity contribution in [3.8, 4) is 0 Å². The lowest BCUT2D eigenvalue weighted by Gasteiger charge is -2.27. The Morgan fingerprint density at radius 3 is 2.50 bits per heavy atom. The first kappa shape index (κ1) is 16.4. The molecule has 0 bridgehead atoms. The highest BCUT2D eigenvalue weighted by molar-refractivity contribution is 5.70. The SMILES string of the molecule is CC(C)CCN(CC(C)C(=O)O)c1cc(F)ccc1F. The van der Waals surface area contributed by atoms with E-state index in [0.717, 1.165) is 24.6 Å². The number of halogens is 2. The van der Waals surface area contributed by atoms with Crippen LogP contribution >= 0.6 is 0 Å². The van der Waals surface area contributed by atoms with E-state index in [-0.39, 0.29) is 12.2 Å². The largest absolute Gasteiger partial charge is 0.481 e. The van der Waals surface area contributed by atoms with E-state index in [9.17, 15) is 13.6 Å². The van der Waals surface area contributed by atoms with Gasteiger partial charge in [-0.1, -0.05) is 20.8 Å². The second kappa shape index (κ2) is 7.22. The summed E-state index contributed by atoms with van der Waals surface area (Å²) < 4.78 is 27.1. The fraction of sp³-hybridized carbons (Fsp3) is 0.533. The minimum absolute atomic E-state index is 0.124. The van der Waals surface area contributed by atoms with Gasteiger partial charge in [-0.25, -0.2) is 8.78 Å². The molecule has 0 aliphatic carbocycles. The lowest BCUT2D eigenvalue weighted by Crippen LogP contribution is -2.34. The van der Waals surface area contributed by atoms with Crippen LogP contribution in [0.2, 0.25) is 0 Å². The molecule has 0 aliphatic rings. The van der Waals surface area contributed by atoms with Crippen molar-refractivity contribution >= 4 is 11.7 Å². The molecule has 0 heterocycles. The topological polar surface area (TPSA) is 40.5 Å². The number of benzene rings is 1. The summed E-state index contributed by atoms with van der Waals surface area (Å²) in [6.45, 7) is 6.27. The van der Waals surface area contributed by atoms with Gasteiger partial charge in [0.15, 0.2) is 0 Å². The third kappa shape index (κ3) is 4.79. The van der Waals surface area contributed by atoms with Crippen LogP contribution in [0.4, 0.5) is 14.5 Å². The van der Waals surface area contributed by atoms with E-state index >= 15 is 0 Å². The molecule has 20 heavy (non-hydrogen) atoms. The van der Waals surface area contributed by atoms with Gasteiger partial charge >= 0.3 is 5.97 Å². The van der Waals surface area contributed by atoms with Gasteiger partial charge in [-0.15, -0.1) is 0 Å². The number of rotatable bonds is 7. The van der Waals surface area contributed by atoms with Crippen LogP contribution in [-0.2, 0) is 4.79 Å². The molecule has 5 heteroatoms. The van der Waals surface area contributed by atoms with Gasteiger partial charge in [-0.2, -0.15) is 0 Å². The van der Waals surface area contributed by atoms with E-state index in [0.29, 0.717) is 12.5 Å². The number of hydrogen-bond donors (Lipinski definition) is 1. The Morgan fingerprint density at radius 2 is 1.95 bits per heavy atom. The molecule has 3 nitrogen and oxygen atoms in total. The van der Waals surface area contributed by atoms with Gasteiger partial charge in [0.05, 0.1) is 11.6 Å². The number of carboxylic acid groups (broad SMARTS) is 1. The Morgan fingerprint density at radius 1 is 1.30 bits per heavy atom. The molecule has 1 unspecified atom stereocenters. The minimum atomic E-state index is -0.948. The molecule has 0 spiro atoms. The molecule has 1 aromatic carbocycles. The van der Waals surface area contributed by atoms with Crippen molar-refractivity contribution in [2.75, 3.05) is 18.0 Å². The molecule has 1 N–H and O–H groups in total. The number of carbonyl (C=O) groups is 1. The highest BCUT2D eigenvalue weighted by atomic mass is 19.1. The van der Waals surface area contributed by atoms with Crippen LogP contribution in [0, 0.1) is 23.5 Å². The van der Waals surface area contributed by atoms with Gasteiger partial charge in [0.25, 0.3) is 0 Å². The standard InChI is InChI=1S/C15H21F2NO2/c1-10(2)6-7-18(9-11(3)15(19)20)14-8-12(16)4-5-13(14)17/h4-5,8,10-11H,6-7,9H2,1-3H3,(H,19,20). The van der Waals surface area contributed by atoms with Gasteiger partial charge in [-0.05, 0) is 24.5 Å². The Hall–Kier alpha value is -1.65. The summed E-state index contributed by atoms with van der Waals surface area (Å²) in [6, 6.07) is 3.24. The zero-order chi connectivity index (χ0) is 15.3. The zero-order valence-electron chi connectivity index (χ0n) is 12.1. The molecule has 112 valence electrons. The normalized spacial score (nSPS) is 12.5. The maximum Gasteiger partial charge on any atom is 0.308 e. The average molecular weight is 285 g/mol. The molecule has 1 atom stereocenters. The van der Waals surface area contributed by atoms with Crippen molar-refractivity contribution in [2.45, 2.75) is 27.2 Å². The van der Waals surface area contributed by atoms with Crippen molar-refractivity contribution in [1.29, 1.82) is 0 Å². The summed E-state index contributed by atoms with van der Waals surface area (Å²) >= 11 is 0. The molecule has 0 fully saturated rings. The Kier molecular flexibility index (Phi) is 5.92. The zero-order valence-corrected chi connectivity index (χ0v) is 12.1. The molecule has 0 radical (unpaired) electrons. The third-order valence-electron chi connectivity index (χ3n) is 3.14. The second-order valence-electron chi connectivity index (χ2n) is 5.46. The Balaban J connectivity index is 2.96. The van der Waals surface area contributed by atoms with E-state index in [1.807, 2.05) is 13.8 Å². The second-order valence-corrected chi connectivity index (χ2v) is 5.46. The smallest absolute Gasteiger partial charge is 0.308 e. The molecule has 1 rings (SSSR count). The molecular formula is C15H21F2NO2. The molecule has 0 aromatic heterocycles. The fourth-order valence-corrected chi connectivity index (χ4v) is 1.86. The lowest BCUT2D eigenvalue weighted by atomic mass is 10.1. The fourth-order valence-electron chi connectivity index (χ4n) is 1.86. The minimum Gasteiger partial charge on any atom is -0.481 e. The van der Waals surface area contributed by atoms with E-state index in [2.05, 4.69) is 0 Å². The first-order valence-electron chi connectivity index (χ1n) is 6.74. The van der Waals surface area contributed by atoms with E-state index < -0.39 is 23.5 Å². The number of carboxylic acids is 1. The van der Waals surface area contributed by atoms with E-state index in [1.165, 1.54) is 0 Å². The van der Waals surface area contributed by atoms with E-state index in [4.69, 9.17) is 5.11 Å². The van der Waals surface area contributed by atoms with Gasteiger partial charge in [0.1, 0.15) is 11.6 Å². The van der Waals surface area contributed by atoms with Gasteiger partial charge in [0.2, 0.25) is 0 Å². The monoisotopic (exact) mass is 285 g/mol. The average Bonchev–Trinajstić information content (AvgIpc) is 2.36. The molecule has 0 saturated heterocycles. The van der Waals surface area contributed by atoms with Crippen LogP contribution < -0.4 is 4.90 Å². The van der Waals surface area contributed by atoms with Crippen molar-refractivity contribution < 1.29 is 18.7 Å². The Labute approximate surface area is 118 Å². The maximum absolute atomic E-state index is 13.8. The van der Waals surface area contributed by atoms with Crippen LogP contribution in [0.5, 0.6) is 0 Å². The lowest BCUT2D eigenvalue weighted by molar-refractivity contribution is -0.140. The maximum atomic E-state index is 13.8. The highest BCUT2D eigenvalue weighted by Gasteiger charge is 2.19. The summed E-state index contributed by atoms with van der Waals surface area (Å²) in [5.74, 6) is -2.26. The molecular weight excluding hydrogens is 264 g/mol. The van der Waals surface area contributed by atoms with Gasteiger partial charge < -0.3 is 10.0 Å². The van der Waals surface area contributed by atoms with Gasteiger partial charge in [-0.3, -0.25) is 4.79 Å². The first-order valence-corrected chi connectivity index (χ1v) is 6.74. The quantitative estimate of drug-likeness (QED) is 0.833. The van der Waals surface area contributed by atoms with Crippen molar-refractivity contribution in [3.63, 3.8) is 0 Å². The van der Waals surface area contributed by atoms with E-state index in [1.54, 1.807) is 11.8 Å². The van der Waals surface area contributed by atoms with Crippen LogP contribution in [0.25, 0.3) is 0 Å². The number of anilines is 1. The summed E-state index contributed by atoms with van der Waals surface area (Å²) in [7, 11) is 0. The predicted molar refractivity (Wildman–Crippen MR) is 74.8 cm³/mol. The number of aliphatic carboxylic acids is 1. The number of nitrogens with zero attached hydrogens (tertiary/aromatic N) is 1. The molecule has 0 aliphatic heterocycles. The summed E-state index contributed by atoms with van der Waals surface area (Å²) in [4.78, 5) is 12.6. The van der Waals surface area contributed by atoms with Crippen LogP contribution in [-0.4, -0.2) is 24.2 Å². The van der Waals surface area contributed by atoms with Crippen LogP contribution in [0.15, 0.2) is 18.2 Å². The molecule has 0 amide bonds. The summed E-state index contributed by atoms with van der Waals surface area (Å²) in [5, 5.41) is 8.98. The number of hydrogen-bond acceptors (Lipinski definition) is 2. The van der Waals surface area contributed by atoms with Gasteiger partial charge in [0, 0.05) is 19.2 Å². The first-order chi connectivity index (χ1) is 9.31. The van der Waals surface area contributed by atoms with Crippen molar-refractivity contribution in [2.24, 2.45) is 11.8 Å². The summed E-state index contributed by atoms with van der Waals surface area (Å²) in [5.41, 5.74) is 0.124. The third-order valence-corrected chi connectivity index (χ3v) is 3.14. The summed E-state index contributed by atoms with van der Waals surface area (Å²) in [6.07, 6.45) is 0.780. The van der Waals surface area contributed by atoms with Crippen molar-refractivity contribution in [3.05, 3.63) is 29.8 Å². The molecule has 1 aromatic rings. The predicted octanol–water partition coefficient (Wildman–Crippen LogP) is 3.54. The Bertz CT molecular complexity index is 463. The molecule has 0 saturated carbocycles. The van der Waals surface area contributed by atoms with Crippen molar-refractivity contribution in [1.82, 2.24) is 0 Å². The van der Waals surface area contributed by atoms with Crippen LogP contribution in [0.3, 0.4) is 0 Å². The highest BCUT2D eigenvalue weighted by Crippen LogP contribution is 2.22. The van der Waals surface area contributed by atoms with Crippen LogP contribution in [0.1, 0.15) is 27.2 Å².